The van der Waals surface area contributed by atoms with Crippen molar-refractivity contribution in [3.63, 3.8) is 0 Å². The number of amides is 1. The molecular weight excluding hydrogens is 584 g/mol. The Hall–Kier alpha value is -5.50. The Kier molecular flexibility index (Phi) is 8.04. The number of carbonyl (C=O) groups is 1. The van der Waals surface area contributed by atoms with E-state index in [0.717, 1.165) is 17.6 Å². The predicted octanol–water partition coefficient (Wildman–Crippen LogP) is 5.68. The van der Waals surface area contributed by atoms with Gasteiger partial charge in [0.15, 0.2) is 0 Å². The molecule has 1 saturated heterocycles. The van der Waals surface area contributed by atoms with Crippen molar-refractivity contribution in [2.75, 3.05) is 31.2 Å². The van der Waals surface area contributed by atoms with Crippen LogP contribution in [-0.4, -0.2) is 57.7 Å². The SMILES string of the molecule is O=C(c1ccc(N2CCOCC2)c([N+](=O)[O-])c1)N1N=C2/C(=C/c3ccc([N+](=O)[O-])cc3)CCC[C@H]2[C@H]1c1ccc([N+](=O)[O-])cc1. The first-order chi connectivity index (χ1) is 21.7. The highest BCUT2D eigenvalue weighted by molar-refractivity contribution is 6.09. The molecule has 45 heavy (non-hydrogen) atoms. The third kappa shape index (κ3) is 5.87. The Morgan fingerprint density at radius 1 is 0.867 bits per heavy atom. The highest BCUT2D eigenvalue weighted by Gasteiger charge is 2.44. The van der Waals surface area contributed by atoms with E-state index < -0.39 is 26.7 Å². The van der Waals surface area contributed by atoms with Crippen molar-refractivity contribution in [3.8, 4) is 0 Å². The molecular formula is C31H28N6O8. The number of hydrogen-bond donors (Lipinski definition) is 0. The van der Waals surface area contributed by atoms with Gasteiger partial charge < -0.3 is 9.64 Å². The summed E-state index contributed by atoms with van der Waals surface area (Å²) >= 11 is 0. The second-order valence-corrected chi connectivity index (χ2v) is 11.0. The topological polar surface area (TPSA) is 175 Å². The number of ether oxygens (including phenoxy) is 1. The van der Waals surface area contributed by atoms with E-state index in [4.69, 9.17) is 9.84 Å². The summed E-state index contributed by atoms with van der Waals surface area (Å²) in [6.45, 7) is 1.86. The number of benzene rings is 3. The van der Waals surface area contributed by atoms with Gasteiger partial charge in [0.2, 0.25) is 0 Å². The largest absolute Gasteiger partial charge is 0.378 e. The fraction of sp³-hybridized carbons (Fsp3) is 0.290. The maximum absolute atomic E-state index is 14.1. The van der Waals surface area contributed by atoms with Crippen molar-refractivity contribution in [2.45, 2.75) is 25.3 Å². The van der Waals surface area contributed by atoms with Crippen molar-refractivity contribution in [3.05, 3.63) is 119 Å². The second-order valence-electron chi connectivity index (χ2n) is 11.0. The molecule has 1 aliphatic carbocycles. The zero-order chi connectivity index (χ0) is 31.7. The van der Waals surface area contributed by atoms with Crippen molar-refractivity contribution < 1.29 is 24.3 Å². The summed E-state index contributed by atoms with van der Waals surface area (Å²) in [4.78, 5) is 49.1. The summed E-state index contributed by atoms with van der Waals surface area (Å²) in [6.07, 6.45) is 4.05. The molecule has 3 aromatic rings. The molecule has 2 heterocycles. The number of nitrogens with zero attached hydrogens (tertiary/aromatic N) is 6. The van der Waals surface area contributed by atoms with E-state index in [1.165, 1.54) is 35.3 Å². The molecule has 6 rings (SSSR count). The average Bonchev–Trinajstić information content (AvgIpc) is 3.45. The second kappa shape index (κ2) is 12.2. The van der Waals surface area contributed by atoms with Crippen LogP contribution in [0.4, 0.5) is 22.7 Å². The molecule has 230 valence electrons. The molecule has 3 aromatic carbocycles. The van der Waals surface area contributed by atoms with E-state index >= 15 is 0 Å². The number of nitro benzene ring substituents is 3. The van der Waals surface area contributed by atoms with Crippen LogP contribution in [0.1, 0.15) is 46.8 Å². The molecule has 3 aliphatic rings. The van der Waals surface area contributed by atoms with Crippen LogP contribution in [0.2, 0.25) is 0 Å². The normalized spacial score (nSPS) is 20.4. The Morgan fingerprint density at radius 3 is 2.13 bits per heavy atom. The van der Waals surface area contributed by atoms with Crippen LogP contribution >= 0.6 is 0 Å². The number of carbonyl (C=O) groups excluding carboxylic acids is 1. The first-order valence-corrected chi connectivity index (χ1v) is 14.4. The van der Waals surface area contributed by atoms with Gasteiger partial charge >= 0.3 is 0 Å². The van der Waals surface area contributed by atoms with Crippen molar-refractivity contribution in [1.82, 2.24) is 5.01 Å². The van der Waals surface area contributed by atoms with Crippen molar-refractivity contribution in [2.24, 2.45) is 11.0 Å². The van der Waals surface area contributed by atoms with Crippen LogP contribution in [0.25, 0.3) is 6.08 Å². The lowest BCUT2D eigenvalue weighted by Gasteiger charge is -2.30. The summed E-state index contributed by atoms with van der Waals surface area (Å²) in [5.74, 6) is -0.775. The highest BCUT2D eigenvalue weighted by atomic mass is 16.6. The van der Waals surface area contributed by atoms with Gasteiger partial charge in [-0.3, -0.25) is 35.1 Å². The lowest BCUT2D eigenvalue weighted by molar-refractivity contribution is -0.385. The molecule has 14 nitrogen and oxygen atoms in total. The summed E-state index contributed by atoms with van der Waals surface area (Å²) in [7, 11) is 0. The van der Waals surface area contributed by atoms with Gasteiger partial charge in [-0.1, -0.05) is 12.1 Å². The molecule has 0 radical (unpaired) electrons. The van der Waals surface area contributed by atoms with E-state index in [0.29, 0.717) is 56.1 Å². The van der Waals surface area contributed by atoms with Gasteiger partial charge in [-0.05, 0) is 66.3 Å². The first-order valence-electron chi connectivity index (χ1n) is 14.4. The van der Waals surface area contributed by atoms with E-state index in [1.54, 1.807) is 36.4 Å². The molecule has 2 fully saturated rings. The Labute approximate surface area is 256 Å². The third-order valence-electron chi connectivity index (χ3n) is 8.37. The molecule has 1 saturated carbocycles. The van der Waals surface area contributed by atoms with E-state index in [-0.39, 0.29) is 28.5 Å². The maximum Gasteiger partial charge on any atom is 0.293 e. The van der Waals surface area contributed by atoms with Gasteiger partial charge in [0.05, 0.1) is 39.7 Å². The van der Waals surface area contributed by atoms with Crippen LogP contribution < -0.4 is 4.90 Å². The molecule has 0 bridgehead atoms. The van der Waals surface area contributed by atoms with Crippen molar-refractivity contribution >= 4 is 40.4 Å². The van der Waals surface area contributed by atoms with Gasteiger partial charge in [0.25, 0.3) is 23.0 Å². The highest BCUT2D eigenvalue weighted by Crippen LogP contribution is 2.45. The number of hydrazone groups is 1. The number of rotatable bonds is 7. The summed E-state index contributed by atoms with van der Waals surface area (Å²) in [5.41, 5.74) is 3.12. The molecule has 0 spiro atoms. The minimum Gasteiger partial charge on any atom is -0.378 e. The van der Waals surface area contributed by atoms with Gasteiger partial charge in [-0.15, -0.1) is 0 Å². The standard InChI is InChI=1S/C31H28N6O8/c38-31(23-8-13-27(28(19-23)37(43)44)33-14-16-45-17-15-33)34-30(21-6-11-25(12-7-21)36(41)42)26-3-1-2-22(29(26)32-34)18-20-4-9-24(10-5-20)35(39)40/h4-13,18-19,26,30H,1-3,14-17H2/b22-18+/t26-,30-/m1/s1. The van der Waals surface area contributed by atoms with Crippen LogP contribution in [0.3, 0.4) is 0 Å². The van der Waals surface area contributed by atoms with Crippen LogP contribution in [-0.2, 0) is 4.74 Å². The molecule has 0 N–H and O–H groups in total. The fourth-order valence-electron chi connectivity index (χ4n) is 6.19. The number of hydrogen-bond acceptors (Lipinski definition) is 10. The Balaban J connectivity index is 1.40. The third-order valence-corrected chi connectivity index (χ3v) is 8.37. The number of allylic oxidation sites excluding steroid dienone is 1. The number of fused-ring (bicyclic) bond motifs is 1. The van der Waals surface area contributed by atoms with Crippen molar-refractivity contribution in [1.29, 1.82) is 0 Å². The van der Waals surface area contributed by atoms with Crippen LogP contribution in [0.5, 0.6) is 0 Å². The Morgan fingerprint density at radius 2 is 1.51 bits per heavy atom. The number of anilines is 1. The van der Waals surface area contributed by atoms with Crippen LogP contribution in [0.15, 0.2) is 77.4 Å². The summed E-state index contributed by atoms with van der Waals surface area (Å²) < 4.78 is 5.38. The van der Waals surface area contributed by atoms with Gasteiger partial charge in [-0.2, -0.15) is 5.10 Å². The molecule has 0 unspecified atom stereocenters. The van der Waals surface area contributed by atoms with Gasteiger partial charge in [0.1, 0.15) is 5.69 Å². The summed E-state index contributed by atoms with van der Waals surface area (Å²) in [5, 5.41) is 40.7. The maximum atomic E-state index is 14.1. The number of nitro groups is 3. The molecule has 0 aromatic heterocycles. The van der Waals surface area contributed by atoms with Crippen LogP contribution in [0, 0.1) is 36.3 Å². The van der Waals surface area contributed by atoms with E-state index in [2.05, 4.69) is 0 Å². The molecule has 1 amide bonds. The monoisotopic (exact) mass is 612 g/mol. The average molecular weight is 613 g/mol. The molecule has 2 atom stereocenters. The lowest BCUT2D eigenvalue weighted by Crippen LogP contribution is -2.36. The smallest absolute Gasteiger partial charge is 0.293 e. The van der Waals surface area contributed by atoms with E-state index in [1.807, 2.05) is 11.0 Å². The van der Waals surface area contributed by atoms with Gasteiger partial charge in [0, 0.05) is 54.9 Å². The number of non-ortho nitro benzene ring substituents is 2. The number of morpholine rings is 1. The fourth-order valence-corrected chi connectivity index (χ4v) is 6.19. The quantitative estimate of drug-likeness (QED) is 0.240. The zero-order valence-corrected chi connectivity index (χ0v) is 24.0. The lowest BCUT2D eigenvalue weighted by atomic mass is 9.77. The first kappa shape index (κ1) is 29.6. The summed E-state index contributed by atoms with van der Waals surface area (Å²) in [6, 6.07) is 15.9. The predicted molar refractivity (Wildman–Crippen MR) is 164 cm³/mol. The minimum atomic E-state index is -0.605. The zero-order valence-electron chi connectivity index (χ0n) is 24.0. The molecule has 2 aliphatic heterocycles. The minimum absolute atomic E-state index is 0.0272. The Bertz CT molecular complexity index is 1730. The van der Waals surface area contributed by atoms with E-state index in [9.17, 15) is 35.1 Å². The van der Waals surface area contributed by atoms with Gasteiger partial charge in [-0.25, -0.2) is 5.01 Å². The molecule has 14 heteroatoms.